The highest BCUT2D eigenvalue weighted by Gasteiger charge is 2.55. The molecule has 3 amide bonds. The third-order valence-corrected chi connectivity index (χ3v) is 5.54. The third-order valence-electron chi connectivity index (χ3n) is 4.58. The van der Waals surface area contributed by atoms with Crippen LogP contribution in [0.15, 0.2) is 63.8 Å². The minimum Gasteiger partial charge on any atom is -0.324 e. The van der Waals surface area contributed by atoms with Crippen molar-refractivity contribution in [3.8, 4) is 0 Å². The number of amides is 3. The number of nitrogens with zero attached hydrogens (tertiary/aromatic N) is 4. The molecule has 4 rings (SSSR count). The average Bonchev–Trinajstić information content (AvgIpc) is 3.21. The molecular formula is C19H16ClN5O3S. The fourth-order valence-electron chi connectivity index (χ4n) is 3.27. The Kier molecular flexibility index (Phi) is 5.25. The van der Waals surface area contributed by atoms with Gasteiger partial charge < -0.3 is 5.32 Å². The number of hydrogen-bond acceptors (Lipinski definition) is 7. The van der Waals surface area contributed by atoms with Crippen molar-refractivity contribution in [3.63, 3.8) is 0 Å². The van der Waals surface area contributed by atoms with E-state index in [0.29, 0.717) is 16.4 Å². The lowest BCUT2D eigenvalue weighted by Gasteiger charge is -2.20. The van der Waals surface area contributed by atoms with E-state index in [9.17, 15) is 14.4 Å². The van der Waals surface area contributed by atoms with Gasteiger partial charge in [-0.1, -0.05) is 29.0 Å². The predicted molar refractivity (Wildman–Crippen MR) is 110 cm³/mol. The summed E-state index contributed by atoms with van der Waals surface area (Å²) in [5, 5.41) is 12.2. The number of nitrogens with one attached hydrogen (secondary N) is 1. The zero-order valence-corrected chi connectivity index (χ0v) is 16.9. The summed E-state index contributed by atoms with van der Waals surface area (Å²) in [5.74, 6) is -1.32. The minimum absolute atomic E-state index is 0.198. The van der Waals surface area contributed by atoms with Crippen LogP contribution in [0.4, 0.5) is 11.4 Å². The van der Waals surface area contributed by atoms with E-state index in [4.69, 9.17) is 11.6 Å². The molecule has 2 aliphatic heterocycles. The Bertz CT molecular complexity index is 1030. The van der Waals surface area contributed by atoms with Crippen molar-refractivity contribution in [1.82, 2.24) is 5.01 Å². The second-order valence-electron chi connectivity index (χ2n) is 6.46. The summed E-state index contributed by atoms with van der Waals surface area (Å²) in [6.07, 6.45) is 1.94. The number of rotatable bonds is 5. The van der Waals surface area contributed by atoms with Crippen molar-refractivity contribution >= 4 is 52.5 Å². The van der Waals surface area contributed by atoms with E-state index in [1.807, 2.05) is 24.5 Å². The van der Waals surface area contributed by atoms with Gasteiger partial charge in [-0.3, -0.25) is 19.4 Å². The van der Waals surface area contributed by atoms with Crippen LogP contribution >= 0.6 is 23.4 Å². The molecule has 2 aromatic carbocycles. The summed E-state index contributed by atoms with van der Waals surface area (Å²) in [4.78, 5) is 40.1. The molecule has 8 nitrogen and oxygen atoms in total. The first-order valence-corrected chi connectivity index (χ1v) is 10.3. The van der Waals surface area contributed by atoms with Crippen LogP contribution in [0.5, 0.6) is 0 Å². The number of thioether (sulfide) groups is 1. The van der Waals surface area contributed by atoms with Crippen LogP contribution in [0.25, 0.3) is 0 Å². The molecule has 2 aromatic rings. The Morgan fingerprint density at radius 1 is 1.17 bits per heavy atom. The lowest BCUT2D eigenvalue weighted by molar-refractivity contribution is -0.123. The van der Waals surface area contributed by atoms with Gasteiger partial charge in [0.15, 0.2) is 12.1 Å². The van der Waals surface area contributed by atoms with E-state index in [1.165, 1.54) is 11.1 Å². The molecule has 0 aliphatic carbocycles. The monoisotopic (exact) mass is 429 g/mol. The first-order chi connectivity index (χ1) is 14.0. The fourth-order valence-corrected chi connectivity index (χ4v) is 3.92. The van der Waals surface area contributed by atoms with E-state index < -0.39 is 23.9 Å². The van der Waals surface area contributed by atoms with Gasteiger partial charge in [-0.2, -0.15) is 5.11 Å². The maximum Gasteiger partial charge on any atom is 0.263 e. The van der Waals surface area contributed by atoms with Gasteiger partial charge in [0.25, 0.3) is 11.8 Å². The topological polar surface area (TPSA) is 94.4 Å². The highest BCUT2D eigenvalue weighted by atomic mass is 35.5. The molecule has 0 unspecified atom stereocenters. The smallest absolute Gasteiger partial charge is 0.263 e. The summed E-state index contributed by atoms with van der Waals surface area (Å²) in [6.45, 7) is -0.198. The second-order valence-corrected chi connectivity index (χ2v) is 7.78. The van der Waals surface area contributed by atoms with Crippen LogP contribution < -0.4 is 10.2 Å². The average molecular weight is 430 g/mol. The van der Waals surface area contributed by atoms with Crippen LogP contribution in [0.1, 0.15) is 0 Å². The molecule has 1 N–H and O–H groups in total. The predicted octanol–water partition coefficient (Wildman–Crippen LogP) is 2.99. The molecule has 0 aromatic heterocycles. The van der Waals surface area contributed by atoms with Crippen molar-refractivity contribution in [2.45, 2.75) is 17.0 Å². The fraction of sp³-hybridized carbons (Fsp3) is 0.211. The van der Waals surface area contributed by atoms with E-state index in [1.54, 1.807) is 36.0 Å². The molecule has 2 atom stereocenters. The first-order valence-electron chi connectivity index (χ1n) is 8.72. The molecule has 148 valence electrons. The highest BCUT2D eigenvalue weighted by molar-refractivity contribution is 7.98. The van der Waals surface area contributed by atoms with E-state index >= 15 is 0 Å². The van der Waals surface area contributed by atoms with E-state index in [0.717, 1.165) is 9.80 Å². The molecule has 0 saturated carbocycles. The molecule has 1 fully saturated rings. The normalized spacial score (nSPS) is 20.3. The van der Waals surface area contributed by atoms with Crippen molar-refractivity contribution in [1.29, 1.82) is 0 Å². The first kappa shape index (κ1) is 19.4. The second kappa shape index (κ2) is 7.84. The summed E-state index contributed by atoms with van der Waals surface area (Å²) in [7, 11) is 0. The highest BCUT2D eigenvalue weighted by Crippen LogP contribution is 2.32. The van der Waals surface area contributed by atoms with Gasteiger partial charge in [0.1, 0.15) is 6.54 Å². The van der Waals surface area contributed by atoms with Crippen LogP contribution in [0, 0.1) is 0 Å². The van der Waals surface area contributed by atoms with Gasteiger partial charge in [-0.25, -0.2) is 4.90 Å². The Hall–Kier alpha value is -2.91. The largest absolute Gasteiger partial charge is 0.324 e. The van der Waals surface area contributed by atoms with Crippen molar-refractivity contribution in [2.24, 2.45) is 10.3 Å². The van der Waals surface area contributed by atoms with E-state index in [-0.39, 0.29) is 12.5 Å². The Morgan fingerprint density at radius 2 is 1.97 bits per heavy atom. The van der Waals surface area contributed by atoms with E-state index in [2.05, 4.69) is 15.7 Å². The van der Waals surface area contributed by atoms with Crippen molar-refractivity contribution < 1.29 is 14.4 Å². The Labute approximate surface area is 175 Å². The molecule has 2 aliphatic rings. The molecule has 0 spiro atoms. The molecule has 2 heterocycles. The van der Waals surface area contributed by atoms with Crippen molar-refractivity contribution in [2.75, 3.05) is 23.0 Å². The van der Waals surface area contributed by atoms with Crippen LogP contribution in [-0.4, -0.2) is 47.6 Å². The number of carbonyl (C=O) groups excluding carboxylic acids is 3. The minimum atomic E-state index is -0.964. The SMILES string of the molecule is CSc1cccc(NC(=O)CN2N=N[C@H]3C(=O)N(c4cccc(Cl)c4)C(=O)[C@H]32)c1. The maximum atomic E-state index is 12.9. The number of benzene rings is 2. The Morgan fingerprint density at radius 3 is 2.72 bits per heavy atom. The number of hydrogen-bond donors (Lipinski definition) is 1. The van der Waals surface area contributed by atoms with Gasteiger partial charge in [0.05, 0.1) is 5.69 Å². The number of imide groups is 1. The molecule has 0 radical (unpaired) electrons. The number of carbonyl (C=O) groups is 3. The van der Waals surface area contributed by atoms with Crippen LogP contribution in [-0.2, 0) is 14.4 Å². The summed E-state index contributed by atoms with van der Waals surface area (Å²) < 4.78 is 0. The third kappa shape index (κ3) is 3.70. The van der Waals surface area contributed by atoms with Gasteiger partial charge in [-0.15, -0.1) is 11.8 Å². The standard InChI is InChI=1S/C19H16ClN5O3S/c1-29-14-7-3-5-12(9-14)21-15(26)10-24-17-16(22-23-24)18(27)25(19(17)28)13-6-2-4-11(20)8-13/h2-9,16-17H,10H2,1H3,(H,21,26)/t16-,17+/m1/s1. The summed E-state index contributed by atoms with van der Waals surface area (Å²) >= 11 is 7.54. The zero-order chi connectivity index (χ0) is 20.5. The van der Waals surface area contributed by atoms with Gasteiger partial charge in [0.2, 0.25) is 5.91 Å². The van der Waals surface area contributed by atoms with Gasteiger partial charge >= 0.3 is 0 Å². The Balaban J connectivity index is 1.48. The molecule has 1 saturated heterocycles. The summed E-state index contributed by atoms with van der Waals surface area (Å²) in [5.41, 5.74) is 1.01. The quantitative estimate of drug-likeness (QED) is 0.582. The lowest BCUT2D eigenvalue weighted by atomic mass is 10.1. The van der Waals surface area contributed by atoms with Gasteiger partial charge in [-0.05, 0) is 42.7 Å². The zero-order valence-electron chi connectivity index (χ0n) is 15.3. The number of anilines is 2. The molecular weight excluding hydrogens is 414 g/mol. The molecule has 10 heteroatoms. The maximum absolute atomic E-state index is 12.9. The van der Waals surface area contributed by atoms with Gasteiger partial charge in [0, 0.05) is 15.6 Å². The number of halogens is 1. The van der Waals surface area contributed by atoms with Crippen LogP contribution in [0.3, 0.4) is 0 Å². The molecule has 0 bridgehead atoms. The molecule has 29 heavy (non-hydrogen) atoms. The number of fused-ring (bicyclic) bond motifs is 1. The lowest BCUT2D eigenvalue weighted by Crippen LogP contribution is -2.43. The van der Waals surface area contributed by atoms with Crippen molar-refractivity contribution in [3.05, 3.63) is 53.6 Å². The summed E-state index contributed by atoms with van der Waals surface area (Å²) in [6, 6.07) is 12.0. The van der Waals surface area contributed by atoms with Crippen LogP contribution in [0.2, 0.25) is 5.02 Å².